The van der Waals surface area contributed by atoms with Crippen LogP contribution in [0.4, 0.5) is 13.2 Å². The van der Waals surface area contributed by atoms with E-state index in [1.807, 2.05) is 19.1 Å². The minimum atomic E-state index is -4.29. The number of likely N-dealkylation sites (tertiary alicyclic amines) is 1. The monoisotopic (exact) mass is 556 g/mol. The van der Waals surface area contributed by atoms with Crippen molar-refractivity contribution in [3.63, 3.8) is 0 Å². The maximum atomic E-state index is 12.1. The summed E-state index contributed by atoms with van der Waals surface area (Å²) < 4.78 is 41.1. The Morgan fingerprint density at radius 2 is 1.74 bits per heavy atom. The van der Waals surface area contributed by atoms with Crippen LogP contribution < -0.4 is 10.6 Å². The maximum absolute atomic E-state index is 12.1. The van der Waals surface area contributed by atoms with Crippen molar-refractivity contribution in [1.82, 2.24) is 15.5 Å². The molecule has 1 aromatic rings. The molecule has 0 spiro atoms. The summed E-state index contributed by atoms with van der Waals surface area (Å²) in [5.41, 5.74) is 1.71. The Bertz CT molecular complexity index is 633. The number of nitrogens with zero attached hydrogens (tertiary/aromatic N) is 2. The second-order valence-corrected chi connectivity index (χ2v) is 7.71. The van der Waals surface area contributed by atoms with Crippen molar-refractivity contribution >= 4 is 29.9 Å². The van der Waals surface area contributed by atoms with E-state index in [9.17, 15) is 13.2 Å². The fourth-order valence-corrected chi connectivity index (χ4v) is 3.52. The summed E-state index contributed by atoms with van der Waals surface area (Å²) in [4.78, 5) is 7.13. The van der Waals surface area contributed by atoms with Gasteiger partial charge in [0.05, 0.1) is 13.2 Å². The summed E-state index contributed by atoms with van der Waals surface area (Å²) in [7, 11) is 0. The third-order valence-electron chi connectivity index (χ3n) is 5.32. The molecule has 1 aromatic carbocycles. The smallest absolute Gasteiger partial charge is 0.367 e. The number of hydrogen-bond acceptors (Lipinski definition) is 3. The quantitative estimate of drug-likeness (QED) is 0.252. The van der Waals surface area contributed by atoms with Crippen molar-refractivity contribution in [1.29, 1.82) is 0 Å². The number of alkyl halides is 3. The van der Waals surface area contributed by atoms with Gasteiger partial charge in [-0.05, 0) is 62.9 Å². The van der Waals surface area contributed by atoms with Gasteiger partial charge in [0.1, 0.15) is 6.61 Å². The number of ether oxygens (including phenoxy) is 1. The van der Waals surface area contributed by atoms with Gasteiger partial charge in [-0.15, -0.1) is 24.0 Å². The molecule has 0 aliphatic carbocycles. The Kier molecular flexibility index (Phi) is 13.4. The molecule has 0 atom stereocenters. The summed E-state index contributed by atoms with van der Waals surface area (Å²) >= 11 is 0. The van der Waals surface area contributed by atoms with Gasteiger partial charge in [-0.1, -0.05) is 31.2 Å². The molecule has 2 N–H and O–H groups in total. The van der Waals surface area contributed by atoms with E-state index >= 15 is 0 Å². The van der Waals surface area contributed by atoms with Crippen LogP contribution in [0.15, 0.2) is 29.3 Å². The number of piperidine rings is 1. The van der Waals surface area contributed by atoms with Crippen LogP contribution in [0, 0.1) is 5.92 Å². The average molecular weight is 556 g/mol. The molecule has 2 rings (SSSR count). The zero-order valence-electron chi connectivity index (χ0n) is 18.5. The minimum absolute atomic E-state index is 0. The molecule has 0 aromatic heterocycles. The first-order chi connectivity index (χ1) is 14.4. The summed E-state index contributed by atoms with van der Waals surface area (Å²) in [5.74, 6) is 1.57. The Morgan fingerprint density at radius 1 is 1.10 bits per heavy atom. The lowest BCUT2D eigenvalue weighted by Crippen LogP contribution is -2.39. The first-order valence-corrected chi connectivity index (χ1v) is 10.9. The van der Waals surface area contributed by atoms with E-state index in [-0.39, 0.29) is 30.6 Å². The van der Waals surface area contributed by atoms with Crippen molar-refractivity contribution in [2.75, 3.05) is 39.3 Å². The molecule has 1 heterocycles. The number of benzene rings is 1. The highest BCUT2D eigenvalue weighted by Gasteiger charge is 2.27. The van der Waals surface area contributed by atoms with Crippen molar-refractivity contribution < 1.29 is 17.9 Å². The SMILES string of the molecule is CCNC(=NCc1ccc(COCC(F)(F)F)cc1)NCCC1CCN(CC)CC1.I. The largest absolute Gasteiger partial charge is 0.411 e. The molecule has 31 heavy (non-hydrogen) atoms. The van der Waals surface area contributed by atoms with Gasteiger partial charge >= 0.3 is 6.18 Å². The van der Waals surface area contributed by atoms with Crippen LogP contribution in [-0.2, 0) is 17.9 Å². The fourth-order valence-electron chi connectivity index (χ4n) is 3.52. The van der Waals surface area contributed by atoms with Crippen LogP contribution in [0.5, 0.6) is 0 Å². The number of nitrogens with one attached hydrogen (secondary N) is 2. The molecule has 9 heteroatoms. The molecular weight excluding hydrogens is 520 g/mol. The van der Waals surface area contributed by atoms with Gasteiger partial charge in [0.25, 0.3) is 0 Å². The van der Waals surface area contributed by atoms with Crippen LogP contribution >= 0.6 is 24.0 Å². The summed E-state index contributed by atoms with van der Waals surface area (Å²) in [6, 6.07) is 7.32. The number of halogens is 4. The molecule has 1 aliphatic heterocycles. The fraction of sp³-hybridized carbons (Fsp3) is 0.682. The third kappa shape index (κ3) is 11.9. The summed E-state index contributed by atoms with van der Waals surface area (Å²) in [6.45, 7) is 8.72. The Hall–Kier alpha value is -1.07. The van der Waals surface area contributed by atoms with E-state index in [0.29, 0.717) is 12.1 Å². The molecule has 1 fully saturated rings. The van der Waals surface area contributed by atoms with Gasteiger partial charge in [-0.3, -0.25) is 0 Å². The first-order valence-electron chi connectivity index (χ1n) is 10.9. The van der Waals surface area contributed by atoms with Gasteiger partial charge in [-0.2, -0.15) is 13.2 Å². The highest BCUT2D eigenvalue weighted by Crippen LogP contribution is 2.19. The third-order valence-corrected chi connectivity index (χ3v) is 5.32. The predicted molar refractivity (Wildman–Crippen MR) is 130 cm³/mol. The van der Waals surface area contributed by atoms with Crippen molar-refractivity contribution in [2.45, 2.75) is 52.4 Å². The van der Waals surface area contributed by atoms with Crippen molar-refractivity contribution in [3.8, 4) is 0 Å². The van der Waals surface area contributed by atoms with E-state index in [1.165, 1.54) is 25.9 Å². The average Bonchev–Trinajstić information content (AvgIpc) is 2.72. The van der Waals surface area contributed by atoms with Gasteiger partial charge in [0, 0.05) is 13.1 Å². The van der Waals surface area contributed by atoms with Gasteiger partial charge in [-0.25, -0.2) is 4.99 Å². The van der Waals surface area contributed by atoms with Crippen LogP contribution in [0.25, 0.3) is 0 Å². The van der Waals surface area contributed by atoms with Crippen LogP contribution in [0.2, 0.25) is 0 Å². The van der Waals surface area contributed by atoms with E-state index in [0.717, 1.165) is 43.5 Å². The number of hydrogen-bond donors (Lipinski definition) is 2. The van der Waals surface area contributed by atoms with Crippen LogP contribution in [0.1, 0.15) is 44.2 Å². The van der Waals surface area contributed by atoms with Crippen LogP contribution in [-0.4, -0.2) is 56.4 Å². The number of guanidine groups is 1. The highest BCUT2D eigenvalue weighted by atomic mass is 127. The van der Waals surface area contributed by atoms with E-state index in [4.69, 9.17) is 0 Å². The molecule has 0 saturated carbocycles. The maximum Gasteiger partial charge on any atom is 0.411 e. The van der Waals surface area contributed by atoms with Crippen molar-refractivity contribution in [2.24, 2.45) is 10.9 Å². The molecule has 1 aliphatic rings. The number of aliphatic imine (C=N–C) groups is 1. The standard InChI is InChI=1S/C22H35F3N4O.HI/c1-3-26-21(27-12-9-18-10-13-29(4-2)14-11-18)28-15-19-5-7-20(8-6-19)16-30-17-22(23,24)25;/h5-8,18H,3-4,9-17H2,1-2H3,(H2,26,27,28);1H. The Morgan fingerprint density at radius 3 is 2.32 bits per heavy atom. The molecule has 0 radical (unpaired) electrons. The normalized spacial score (nSPS) is 16.1. The topological polar surface area (TPSA) is 48.9 Å². The summed E-state index contributed by atoms with van der Waals surface area (Å²) in [6.07, 6.45) is -0.615. The van der Waals surface area contributed by atoms with Gasteiger partial charge in [0.2, 0.25) is 0 Å². The zero-order chi connectivity index (χ0) is 21.8. The second kappa shape index (κ2) is 14.9. The number of rotatable bonds is 10. The van der Waals surface area contributed by atoms with E-state index in [1.54, 1.807) is 12.1 Å². The van der Waals surface area contributed by atoms with E-state index in [2.05, 4.69) is 32.2 Å². The molecular formula is C22H36F3IN4O. The highest BCUT2D eigenvalue weighted by molar-refractivity contribution is 14.0. The lowest BCUT2D eigenvalue weighted by molar-refractivity contribution is -0.176. The summed E-state index contributed by atoms with van der Waals surface area (Å²) in [5, 5.41) is 6.68. The van der Waals surface area contributed by atoms with Crippen molar-refractivity contribution in [3.05, 3.63) is 35.4 Å². The minimum Gasteiger partial charge on any atom is -0.367 e. The van der Waals surface area contributed by atoms with E-state index < -0.39 is 12.8 Å². The molecule has 178 valence electrons. The predicted octanol–water partition coefficient (Wildman–Crippen LogP) is 4.56. The van der Waals surface area contributed by atoms with Crippen LogP contribution in [0.3, 0.4) is 0 Å². The molecule has 0 amide bonds. The van der Waals surface area contributed by atoms with Gasteiger partial charge < -0.3 is 20.3 Å². The van der Waals surface area contributed by atoms with Gasteiger partial charge in [0.15, 0.2) is 5.96 Å². The lowest BCUT2D eigenvalue weighted by Gasteiger charge is -2.31. The molecule has 5 nitrogen and oxygen atoms in total. The Labute approximate surface area is 201 Å². The molecule has 0 bridgehead atoms. The zero-order valence-corrected chi connectivity index (χ0v) is 20.8. The molecule has 1 saturated heterocycles. The Balaban J connectivity index is 0.00000480. The first kappa shape index (κ1) is 28.0. The second-order valence-electron chi connectivity index (χ2n) is 7.71. The molecule has 0 unspecified atom stereocenters. The lowest BCUT2D eigenvalue weighted by atomic mass is 9.93.